The van der Waals surface area contributed by atoms with Gasteiger partial charge in [-0.05, 0) is 29.8 Å². The Labute approximate surface area is 146 Å². The van der Waals surface area contributed by atoms with Crippen LogP contribution in [0.15, 0.2) is 60.8 Å². The number of fused-ring (bicyclic) bond motifs is 1. The molecule has 4 nitrogen and oxygen atoms in total. The van der Waals surface area contributed by atoms with Crippen LogP contribution in [0.5, 0.6) is 5.88 Å². The first-order chi connectivity index (χ1) is 12.4. The van der Waals surface area contributed by atoms with E-state index in [0.29, 0.717) is 11.3 Å². The number of H-pyrrole nitrogens is 1. The third-order valence-corrected chi connectivity index (χ3v) is 4.05. The molecule has 2 aromatic carbocycles. The second-order valence-corrected chi connectivity index (χ2v) is 5.80. The predicted molar refractivity (Wildman–Crippen MR) is 91.4 cm³/mol. The Morgan fingerprint density at radius 2 is 1.54 bits per heavy atom. The van der Waals surface area contributed by atoms with Gasteiger partial charge in [0.1, 0.15) is 5.82 Å². The summed E-state index contributed by atoms with van der Waals surface area (Å²) >= 11 is 0. The van der Waals surface area contributed by atoms with Crippen LogP contribution in [0.1, 0.15) is 5.56 Å². The largest absolute Gasteiger partial charge is 0.493 e. The molecule has 0 aliphatic rings. The average Bonchev–Trinajstić information content (AvgIpc) is 3.05. The number of halogens is 3. The molecule has 7 heteroatoms. The third kappa shape index (κ3) is 2.99. The summed E-state index contributed by atoms with van der Waals surface area (Å²) in [5.41, 5.74) is 2.58. The average molecular weight is 355 g/mol. The summed E-state index contributed by atoms with van der Waals surface area (Å²) in [6.07, 6.45) is -2.84. The molecule has 0 aliphatic carbocycles. The molecule has 4 rings (SSSR count). The number of aromatic nitrogens is 3. The van der Waals surface area contributed by atoms with E-state index in [4.69, 9.17) is 0 Å². The lowest BCUT2D eigenvalue weighted by molar-refractivity contribution is -0.137. The first-order valence-corrected chi connectivity index (χ1v) is 7.73. The van der Waals surface area contributed by atoms with Crippen molar-refractivity contribution in [1.29, 1.82) is 0 Å². The van der Waals surface area contributed by atoms with Crippen LogP contribution < -0.4 is 0 Å². The van der Waals surface area contributed by atoms with Crippen molar-refractivity contribution in [3.8, 4) is 28.4 Å². The zero-order chi connectivity index (χ0) is 18.3. The van der Waals surface area contributed by atoms with E-state index in [1.54, 1.807) is 12.3 Å². The van der Waals surface area contributed by atoms with Crippen LogP contribution in [0.4, 0.5) is 13.2 Å². The van der Waals surface area contributed by atoms with Crippen molar-refractivity contribution in [2.24, 2.45) is 0 Å². The summed E-state index contributed by atoms with van der Waals surface area (Å²) in [6, 6.07) is 14.1. The number of rotatable bonds is 2. The normalized spacial score (nSPS) is 11.8. The summed E-state index contributed by atoms with van der Waals surface area (Å²) in [5, 5.41) is 9.24. The fraction of sp³-hybridized carbons (Fsp3) is 0.0526. The SMILES string of the molecule is Oc1ccc(-c2ccc(-c3nc4cc(C(F)(F)F)ccc4[nH]3)cc2)cn1. The molecule has 26 heavy (non-hydrogen) atoms. The molecule has 4 aromatic rings. The summed E-state index contributed by atoms with van der Waals surface area (Å²) < 4.78 is 38.5. The van der Waals surface area contributed by atoms with Crippen molar-refractivity contribution >= 4 is 11.0 Å². The molecule has 0 radical (unpaired) electrons. The lowest BCUT2D eigenvalue weighted by atomic mass is 10.1. The Hall–Kier alpha value is -3.35. The molecule has 2 N–H and O–H groups in total. The number of hydrogen-bond donors (Lipinski definition) is 2. The van der Waals surface area contributed by atoms with Gasteiger partial charge in [0.2, 0.25) is 5.88 Å². The lowest BCUT2D eigenvalue weighted by Crippen LogP contribution is -2.04. The van der Waals surface area contributed by atoms with Gasteiger partial charge in [-0.1, -0.05) is 24.3 Å². The maximum absolute atomic E-state index is 12.8. The van der Waals surface area contributed by atoms with E-state index < -0.39 is 11.7 Å². The molecule has 0 unspecified atom stereocenters. The molecule has 2 aromatic heterocycles. The van der Waals surface area contributed by atoms with E-state index in [0.717, 1.165) is 28.8 Å². The maximum atomic E-state index is 12.8. The summed E-state index contributed by atoms with van der Waals surface area (Å²) in [7, 11) is 0. The lowest BCUT2D eigenvalue weighted by Gasteiger charge is -2.04. The highest BCUT2D eigenvalue weighted by Crippen LogP contribution is 2.32. The molecular formula is C19H12F3N3O. The number of nitrogens with zero attached hydrogens (tertiary/aromatic N) is 2. The van der Waals surface area contributed by atoms with Crippen LogP contribution in [0.2, 0.25) is 0 Å². The Kier molecular flexibility index (Phi) is 3.64. The molecule has 0 atom stereocenters. The van der Waals surface area contributed by atoms with Gasteiger partial charge in [0, 0.05) is 23.4 Å². The molecule has 0 saturated carbocycles. The minimum atomic E-state index is -4.40. The minimum Gasteiger partial charge on any atom is -0.493 e. The van der Waals surface area contributed by atoms with Crippen LogP contribution in [-0.2, 0) is 6.18 Å². The van der Waals surface area contributed by atoms with Crippen molar-refractivity contribution in [3.63, 3.8) is 0 Å². The first-order valence-electron chi connectivity index (χ1n) is 7.73. The highest BCUT2D eigenvalue weighted by atomic mass is 19.4. The van der Waals surface area contributed by atoms with Crippen LogP contribution >= 0.6 is 0 Å². The van der Waals surface area contributed by atoms with Gasteiger partial charge in [0.15, 0.2) is 0 Å². The number of aromatic hydroxyl groups is 1. The number of nitrogens with one attached hydrogen (secondary N) is 1. The molecule has 2 heterocycles. The van der Waals surface area contributed by atoms with Crippen LogP contribution in [0, 0.1) is 0 Å². The van der Waals surface area contributed by atoms with Gasteiger partial charge in [-0.25, -0.2) is 9.97 Å². The number of imidazole rings is 1. The number of alkyl halides is 3. The monoisotopic (exact) mass is 355 g/mol. The second kappa shape index (κ2) is 5.87. The molecule has 0 spiro atoms. The molecular weight excluding hydrogens is 343 g/mol. The van der Waals surface area contributed by atoms with Crippen LogP contribution in [0.25, 0.3) is 33.5 Å². The molecule has 0 fully saturated rings. The zero-order valence-electron chi connectivity index (χ0n) is 13.2. The van der Waals surface area contributed by atoms with E-state index in [9.17, 15) is 18.3 Å². The van der Waals surface area contributed by atoms with E-state index in [-0.39, 0.29) is 11.4 Å². The Bertz CT molecular complexity index is 1070. The van der Waals surface area contributed by atoms with Gasteiger partial charge in [-0.2, -0.15) is 13.2 Å². The second-order valence-electron chi connectivity index (χ2n) is 5.80. The Balaban J connectivity index is 1.68. The summed E-state index contributed by atoms with van der Waals surface area (Å²) in [5.74, 6) is 0.445. The molecule has 130 valence electrons. The summed E-state index contributed by atoms with van der Waals surface area (Å²) in [4.78, 5) is 11.1. The van der Waals surface area contributed by atoms with Crippen LogP contribution in [-0.4, -0.2) is 20.1 Å². The molecule has 0 amide bonds. The highest BCUT2D eigenvalue weighted by Gasteiger charge is 2.30. The first kappa shape index (κ1) is 16.1. The number of aromatic amines is 1. The zero-order valence-corrected chi connectivity index (χ0v) is 13.2. The Morgan fingerprint density at radius 3 is 2.19 bits per heavy atom. The minimum absolute atomic E-state index is 0.0501. The topological polar surface area (TPSA) is 61.8 Å². The van der Waals surface area contributed by atoms with E-state index in [1.165, 1.54) is 12.1 Å². The van der Waals surface area contributed by atoms with Crippen molar-refractivity contribution in [2.45, 2.75) is 6.18 Å². The molecule has 0 saturated heterocycles. The fourth-order valence-corrected chi connectivity index (χ4v) is 2.70. The van der Waals surface area contributed by atoms with E-state index in [1.807, 2.05) is 24.3 Å². The van der Waals surface area contributed by atoms with Gasteiger partial charge in [-0.3, -0.25) is 0 Å². The van der Waals surface area contributed by atoms with Gasteiger partial charge in [0.05, 0.1) is 16.6 Å². The number of pyridine rings is 1. The fourth-order valence-electron chi connectivity index (χ4n) is 2.70. The molecule has 0 aliphatic heterocycles. The summed E-state index contributed by atoms with van der Waals surface area (Å²) in [6.45, 7) is 0. The number of hydrogen-bond acceptors (Lipinski definition) is 3. The van der Waals surface area contributed by atoms with Gasteiger partial charge in [0.25, 0.3) is 0 Å². The quantitative estimate of drug-likeness (QED) is 0.531. The van der Waals surface area contributed by atoms with Crippen molar-refractivity contribution in [3.05, 3.63) is 66.4 Å². The van der Waals surface area contributed by atoms with Crippen molar-refractivity contribution < 1.29 is 18.3 Å². The van der Waals surface area contributed by atoms with Crippen molar-refractivity contribution in [1.82, 2.24) is 15.0 Å². The van der Waals surface area contributed by atoms with Crippen molar-refractivity contribution in [2.75, 3.05) is 0 Å². The smallest absolute Gasteiger partial charge is 0.416 e. The predicted octanol–water partition coefficient (Wildman–Crippen LogP) is 5.02. The maximum Gasteiger partial charge on any atom is 0.416 e. The number of benzene rings is 2. The van der Waals surface area contributed by atoms with Gasteiger partial charge < -0.3 is 10.1 Å². The highest BCUT2D eigenvalue weighted by molar-refractivity contribution is 5.80. The standard InChI is InChI=1S/C19H12F3N3O/c20-19(21,22)14-6-7-15-16(9-14)25-18(24-15)12-3-1-11(2-4-12)13-5-8-17(26)23-10-13/h1-10H,(H,23,26)(H,24,25). The molecule has 0 bridgehead atoms. The van der Waals surface area contributed by atoms with Gasteiger partial charge in [-0.15, -0.1) is 0 Å². The van der Waals surface area contributed by atoms with E-state index >= 15 is 0 Å². The van der Waals surface area contributed by atoms with Crippen LogP contribution in [0.3, 0.4) is 0 Å². The Morgan fingerprint density at radius 1 is 0.846 bits per heavy atom. The van der Waals surface area contributed by atoms with Gasteiger partial charge >= 0.3 is 6.18 Å². The third-order valence-electron chi connectivity index (χ3n) is 4.05. The van der Waals surface area contributed by atoms with E-state index in [2.05, 4.69) is 15.0 Å².